The summed E-state index contributed by atoms with van der Waals surface area (Å²) in [5.41, 5.74) is 1.02. The van der Waals surface area contributed by atoms with Crippen LogP contribution in [0.15, 0.2) is 78.0 Å². The first-order valence-electron chi connectivity index (χ1n) is 10.1. The molecule has 0 saturated carbocycles. The van der Waals surface area contributed by atoms with Gasteiger partial charge in [-0.05, 0) is 24.3 Å². The van der Waals surface area contributed by atoms with Gasteiger partial charge in [0, 0.05) is 22.4 Å². The summed E-state index contributed by atoms with van der Waals surface area (Å²) in [4.78, 5) is 33.0. The number of hydrogen-bond donors (Lipinski definition) is 1. The molecular formula is C25H20N2O5. The number of nitrogens with one attached hydrogen (secondary N) is 1. The Morgan fingerprint density at radius 3 is 2.44 bits per heavy atom. The van der Waals surface area contributed by atoms with Crippen molar-refractivity contribution in [1.82, 2.24) is 0 Å². The van der Waals surface area contributed by atoms with Crippen molar-refractivity contribution in [3.05, 3.63) is 89.5 Å². The van der Waals surface area contributed by atoms with E-state index in [1.54, 1.807) is 61.7 Å². The van der Waals surface area contributed by atoms with E-state index in [4.69, 9.17) is 14.3 Å². The first kappa shape index (κ1) is 19.8. The molecule has 7 nitrogen and oxygen atoms in total. The molecule has 0 saturated heterocycles. The van der Waals surface area contributed by atoms with Crippen molar-refractivity contribution < 1.29 is 23.9 Å². The number of methoxy groups -OCH3 is 2. The predicted octanol–water partition coefficient (Wildman–Crippen LogP) is 3.78. The van der Waals surface area contributed by atoms with Crippen LogP contribution in [-0.4, -0.2) is 31.6 Å². The van der Waals surface area contributed by atoms with Crippen molar-refractivity contribution in [2.75, 3.05) is 19.5 Å². The summed E-state index contributed by atoms with van der Waals surface area (Å²) in [6, 6.07) is 21.3. The highest BCUT2D eigenvalue weighted by atomic mass is 16.7. The summed E-state index contributed by atoms with van der Waals surface area (Å²) in [7, 11) is 3.08. The fourth-order valence-corrected chi connectivity index (χ4v) is 4.34. The zero-order valence-corrected chi connectivity index (χ0v) is 17.5. The third-order valence-electron chi connectivity index (χ3n) is 5.88. The number of hydrogen-bond acceptors (Lipinski definition) is 6. The van der Waals surface area contributed by atoms with Crippen LogP contribution in [0.4, 0.5) is 5.69 Å². The van der Waals surface area contributed by atoms with E-state index in [9.17, 15) is 9.59 Å². The molecule has 3 aromatic carbocycles. The Bertz CT molecular complexity index is 1250. The predicted molar refractivity (Wildman–Crippen MR) is 118 cm³/mol. The van der Waals surface area contributed by atoms with Crippen LogP contribution in [0, 0.1) is 5.92 Å². The lowest BCUT2D eigenvalue weighted by Gasteiger charge is -2.26. The molecular weight excluding hydrogens is 408 g/mol. The summed E-state index contributed by atoms with van der Waals surface area (Å²) in [5, 5.41) is 7.13. The Labute approximate surface area is 184 Å². The van der Waals surface area contributed by atoms with Gasteiger partial charge in [-0.2, -0.15) is 0 Å². The Morgan fingerprint density at radius 2 is 1.69 bits per heavy atom. The molecule has 1 N–H and O–H groups in total. The standard InChI is InChI=1S/C25H20N2O5/c1-30-19-13-12-16(14-20(19)31-2)22-21(23(28)15-8-4-3-5-9-15)25(32-27-22)17-10-6-7-11-18(17)26-24(25)29/h3-14,21H,1-2H3,(H,26,29). The molecule has 0 aliphatic carbocycles. The first-order valence-corrected chi connectivity index (χ1v) is 10.1. The van der Waals surface area contributed by atoms with Crippen LogP contribution in [0.25, 0.3) is 0 Å². The highest BCUT2D eigenvalue weighted by Crippen LogP contribution is 2.50. The van der Waals surface area contributed by atoms with Crippen molar-refractivity contribution in [3.8, 4) is 11.5 Å². The third-order valence-corrected chi connectivity index (χ3v) is 5.88. The maximum absolute atomic E-state index is 13.8. The molecule has 32 heavy (non-hydrogen) atoms. The van der Waals surface area contributed by atoms with Gasteiger partial charge in [-0.3, -0.25) is 9.59 Å². The van der Waals surface area contributed by atoms with Crippen molar-refractivity contribution >= 4 is 23.1 Å². The topological polar surface area (TPSA) is 86.2 Å². The van der Waals surface area contributed by atoms with Gasteiger partial charge in [-0.25, -0.2) is 0 Å². The van der Waals surface area contributed by atoms with E-state index in [1.165, 1.54) is 7.11 Å². The molecule has 3 aromatic rings. The lowest BCUT2D eigenvalue weighted by Crippen LogP contribution is -2.46. The summed E-state index contributed by atoms with van der Waals surface area (Å²) in [6.07, 6.45) is 0. The Hall–Kier alpha value is -4.13. The van der Waals surface area contributed by atoms with Crippen LogP contribution in [0.2, 0.25) is 0 Å². The molecule has 7 heteroatoms. The monoisotopic (exact) mass is 428 g/mol. The number of para-hydroxylation sites is 1. The lowest BCUT2D eigenvalue weighted by atomic mass is 9.74. The number of ether oxygens (including phenoxy) is 2. The van der Waals surface area contributed by atoms with Gasteiger partial charge in [0.2, 0.25) is 0 Å². The number of Topliss-reactive ketones (excluding diaryl/α,β-unsaturated/α-hetero) is 1. The van der Waals surface area contributed by atoms with E-state index in [0.717, 1.165) is 0 Å². The van der Waals surface area contributed by atoms with E-state index >= 15 is 0 Å². The second-order valence-electron chi connectivity index (χ2n) is 7.54. The lowest BCUT2D eigenvalue weighted by molar-refractivity contribution is -0.140. The molecule has 2 atom stereocenters. The van der Waals surface area contributed by atoms with E-state index < -0.39 is 17.4 Å². The highest BCUT2D eigenvalue weighted by Gasteiger charge is 2.63. The number of nitrogens with zero attached hydrogens (tertiary/aromatic N) is 1. The molecule has 0 aromatic heterocycles. The molecule has 2 unspecified atom stereocenters. The van der Waals surface area contributed by atoms with Gasteiger partial charge < -0.3 is 19.6 Å². The smallest absolute Gasteiger partial charge is 0.277 e. The quantitative estimate of drug-likeness (QED) is 0.625. The van der Waals surface area contributed by atoms with E-state index in [0.29, 0.717) is 39.6 Å². The van der Waals surface area contributed by atoms with Gasteiger partial charge in [0.05, 0.1) is 14.2 Å². The van der Waals surface area contributed by atoms with E-state index in [2.05, 4.69) is 10.5 Å². The van der Waals surface area contributed by atoms with Gasteiger partial charge >= 0.3 is 0 Å². The molecule has 0 fully saturated rings. The zero-order chi connectivity index (χ0) is 22.3. The summed E-state index contributed by atoms with van der Waals surface area (Å²) < 4.78 is 10.8. The van der Waals surface area contributed by atoms with Crippen LogP contribution in [0.5, 0.6) is 11.5 Å². The average molecular weight is 428 g/mol. The number of rotatable bonds is 5. The molecule has 2 heterocycles. The van der Waals surface area contributed by atoms with Gasteiger partial charge in [0.15, 0.2) is 17.3 Å². The van der Waals surface area contributed by atoms with Crippen LogP contribution < -0.4 is 14.8 Å². The van der Waals surface area contributed by atoms with Gasteiger partial charge in [-0.1, -0.05) is 53.7 Å². The molecule has 2 aliphatic heterocycles. The highest BCUT2D eigenvalue weighted by molar-refractivity contribution is 6.24. The maximum atomic E-state index is 13.8. The molecule has 1 spiro atoms. The van der Waals surface area contributed by atoms with Crippen molar-refractivity contribution in [3.63, 3.8) is 0 Å². The summed E-state index contributed by atoms with van der Waals surface area (Å²) >= 11 is 0. The van der Waals surface area contributed by atoms with Crippen LogP contribution >= 0.6 is 0 Å². The van der Waals surface area contributed by atoms with Gasteiger partial charge in [0.25, 0.3) is 11.5 Å². The number of carbonyl (C=O) groups is 2. The van der Waals surface area contributed by atoms with Gasteiger partial charge in [-0.15, -0.1) is 0 Å². The van der Waals surface area contributed by atoms with Gasteiger partial charge in [0.1, 0.15) is 11.6 Å². The summed E-state index contributed by atoms with van der Waals surface area (Å²) in [6.45, 7) is 0. The first-order chi connectivity index (χ1) is 15.6. The average Bonchev–Trinajstić information content (AvgIpc) is 3.37. The fourth-order valence-electron chi connectivity index (χ4n) is 4.34. The number of carbonyl (C=O) groups excluding carboxylic acids is 2. The largest absolute Gasteiger partial charge is 0.493 e. The van der Waals surface area contributed by atoms with Crippen molar-refractivity contribution in [1.29, 1.82) is 0 Å². The molecule has 160 valence electrons. The minimum absolute atomic E-state index is 0.261. The minimum Gasteiger partial charge on any atom is -0.493 e. The second-order valence-corrected chi connectivity index (χ2v) is 7.54. The van der Waals surface area contributed by atoms with Crippen LogP contribution in [0.1, 0.15) is 21.5 Å². The normalized spacial score (nSPS) is 20.9. The molecule has 5 rings (SSSR count). The Balaban J connectivity index is 1.69. The number of anilines is 1. The minimum atomic E-state index is -1.59. The van der Waals surface area contributed by atoms with Crippen molar-refractivity contribution in [2.24, 2.45) is 11.1 Å². The molecule has 1 amide bonds. The van der Waals surface area contributed by atoms with Crippen molar-refractivity contribution in [2.45, 2.75) is 5.60 Å². The van der Waals surface area contributed by atoms with Crippen LogP contribution in [0.3, 0.4) is 0 Å². The maximum Gasteiger partial charge on any atom is 0.277 e. The summed E-state index contributed by atoms with van der Waals surface area (Å²) in [5.74, 6) is -0.654. The van der Waals surface area contributed by atoms with Crippen LogP contribution in [-0.2, 0) is 15.2 Å². The third kappa shape index (κ3) is 2.78. The Kier molecular flexibility index (Phi) is 4.66. The number of benzene rings is 3. The zero-order valence-electron chi connectivity index (χ0n) is 17.5. The van der Waals surface area contributed by atoms with E-state index in [-0.39, 0.29) is 5.78 Å². The molecule has 0 bridgehead atoms. The SMILES string of the molecule is COc1ccc(C2=NOC3(C(=O)Nc4ccccc43)C2C(=O)c2ccccc2)cc1OC. The Morgan fingerprint density at radius 1 is 0.969 bits per heavy atom. The molecule has 0 radical (unpaired) electrons. The fraction of sp³-hybridized carbons (Fsp3) is 0.160. The van der Waals surface area contributed by atoms with E-state index in [1.807, 2.05) is 18.2 Å². The molecule has 2 aliphatic rings. The number of ketones is 1. The number of oxime groups is 1. The number of fused-ring (bicyclic) bond motifs is 2. The second kappa shape index (κ2) is 7.53. The number of amides is 1.